The number of hydrogen-bond donors (Lipinski definition) is 1. The molecule has 0 unspecified atom stereocenters. The first-order valence-corrected chi connectivity index (χ1v) is 5.60. The van der Waals surface area contributed by atoms with E-state index in [1.54, 1.807) is 0 Å². The highest BCUT2D eigenvalue weighted by Crippen LogP contribution is 2.32. The van der Waals surface area contributed by atoms with Crippen molar-refractivity contribution >= 4 is 0 Å². The Labute approximate surface area is 96.0 Å². The molecule has 0 aliphatic carbocycles. The largest absolute Gasteiger partial charge is 0.486 e. The molecule has 1 aliphatic rings. The van der Waals surface area contributed by atoms with Crippen LogP contribution in [-0.2, 0) is 6.42 Å². The summed E-state index contributed by atoms with van der Waals surface area (Å²) in [5.74, 6) is 1.63. The van der Waals surface area contributed by atoms with Gasteiger partial charge in [-0.25, -0.2) is 0 Å². The van der Waals surface area contributed by atoms with E-state index in [0.29, 0.717) is 13.2 Å². The van der Waals surface area contributed by atoms with Gasteiger partial charge in [-0.3, -0.25) is 0 Å². The molecule has 0 aromatic heterocycles. The molecule has 1 aliphatic heterocycles. The van der Waals surface area contributed by atoms with Crippen LogP contribution in [0.2, 0.25) is 0 Å². The summed E-state index contributed by atoms with van der Waals surface area (Å²) in [5, 5.41) is 9.24. The third-order valence-corrected chi connectivity index (χ3v) is 2.72. The molecule has 1 aromatic carbocycles. The van der Waals surface area contributed by atoms with Crippen molar-refractivity contribution in [1.82, 2.24) is 0 Å². The standard InChI is InChI=1S/C13H18O3/c1-13(2,9-14)8-10-3-4-11-12(7-10)16-6-5-15-11/h3-4,7,14H,5-6,8-9H2,1-2H3. The van der Waals surface area contributed by atoms with E-state index < -0.39 is 0 Å². The fourth-order valence-electron chi connectivity index (χ4n) is 1.81. The lowest BCUT2D eigenvalue weighted by atomic mass is 9.86. The quantitative estimate of drug-likeness (QED) is 0.850. The molecule has 1 heterocycles. The molecule has 0 bridgehead atoms. The van der Waals surface area contributed by atoms with E-state index in [2.05, 4.69) is 0 Å². The van der Waals surface area contributed by atoms with Crippen molar-refractivity contribution in [3.63, 3.8) is 0 Å². The molecule has 0 spiro atoms. The zero-order valence-electron chi connectivity index (χ0n) is 9.82. The molecular formula is C13H18O3. The predicted molar refractivity (Wildman–Crippen MR) is 62.0 cm³/mol. The van der Waals surface area contributed by atoms with Crippen LogP contribution in [0, 0.1) is 5.41 Å². The number of benzene rings is 1. The zero-order valence-corrected chi connectivity index (χ0v) is 9.82. The summed E-state index contributed by atoms with van der Waals surface area (Å²) in [6.07, 6.45) is 0.833. The Bertz CT molecular complexity index is 371. The van der Waals surface area contributed by atoms with E-state index >= 15 is 0 Å². The summed E-state index contributed by atoms with van der Waals surface area (Å²) in [6.45, 7) is 5.50. The topological polar surface area (TPSA) is 38.7 Å². The van der Waals surface area contributed by atoms with Crippen LogP contribution < -0.4 is 9.47 Å². The molecule has 2 rings (SSSR count). The van der Waals surface area contributed by atoms with Crippen molar-refractivity contribution in [2.45, 2.75) is 20.3 Å². The van der Waals surface area contributed by atoms with Crippen LogP contribution in [-0.4, -0.2) is 24.9 Å². The Balaban J connectivity index is 2.17. The maximum atomic E-state index is 9.24. The fraction of sp³-hybridized carbons (Fsp3) is 0.538. The number of rotatable bonds is 3. The van der Waals surface area contributed by atoms with Crippen LogP contribution in [0.3, 0.4) is 0 Å². The number of aliphatic hydroxyl groups excluding tert-OH is 1. The second-order valence-electron chi connectivity index (χ2n) is 4.98. The monoisotopic (exact) mass is 222 g/mol. The van der Waals surface area contributed by atoms with Crippen LogP contribution in [0.25, 0.3) is 0 Å². The molecule has 16 heavy (non-hydrogen) atoms. The van der Waals surface area contributed by atoms with Crippen molar-refractivity contribution in [3.05, 3.63) is 23.8 Å². The van der Waals surface area contributed by atoms with Gasteiger partial charge in [-0.15, -0.1) is 0 Å². The average Bonchev–Trinajstić information content (AvgIpc) is 2.28. The minimum atomic E-state index is -0.0935. The van der Waals surface area contributed by atoms with Gasteiger partial charge in [0.1, 0.15) is 13.2 Å². The van der Waals surface area contributed by atoms with E-state index in [9.17, 15) is 5.11 Å². The maximum absolute atomic E-state index is 9.24. The minimum absolute atomic E-state index is 0.0935. The first kappa shape index (κ1) is 11.3. The van der Waals surface area contributed by atoms with Gasteiger partial charge < -0.3 is 14.6 Å². The van der Waals surface area contributed by atoms with Crippen molar-refractivity contribution < 1.29 is 14.6 Å². The SMILES string of the molecule is CC(C)(CO)Cc1ccc2c(c1)OCCO2. The molecule has 1 N–H and O–H groups in total. The Morgan fingerprint density at radius 1 is 1.19 bits per heavy atom. The van der Waals surface area contributed by atoms with Crippen LogP contribution in [0.4, 0.5) is 0 Å². The Hall–Kier alpha value is -1.22. The van der Waals surface area contributed by atoms with Gasteiger partial charge >= 0.3 is 0 Å². The summed E-state index contributed by atoms with van der Waals surface area (Å²) in [5.41, 5.74) is 1.08. The summed E-state index contributed by atoms with van der Waals surface area (Å²) < 4.78 is 11.0. The average molecular weight is 222 g/mol. The van der Waals surface area contributed by atoms with E-state index in [-0.39, 0.29) is 12.0 Å². The number of fused-ring (bicyclic) bond motifs is 1. The summed E-state index contributed by atoms with van der Waals surface area (Å²) in [4.78, 5) is 0. The first-order valence-electron chi connectivity index (χ1n) is 5.60. The molecule has 1 aromatic rings. The van der Waals surface area contributed by atoms with Gasteiger partial charge in [0.15, 0.2) is 11.5 Å². The second kappa shape index (κ2) is 4.34. The number of hydrogen-bond acceptors (Lipinski definition) is 3. The molecule has 0 radical (unpaired) electrons. The highest BCUT2D eigenvalue weighted by molar-refractivity contribution is 5.44. The first-order chi connectivity index (χ1) is 7.61. The lowest BCUT2D eigenvalue weighted by Gasteiger charge is -2.23. The zero-order chi connectivity index (χ0) is 11.6. The van der Waals surface area contributed by atoms with Crippen molar-refractivity contribution in [3.8, 4) is 11.5 Å². The van der Waals surface area contributed by atoms with Gasteiger partial charge in [0, 0.05) is 6.61 Å². The van der Waals surface area contributed by atoms with Crippen LogP contribution >= 0.6 is 0 Å². The third kappa shape index (κ3) is 2.47. The van der Waals surface area contributed by atoms with Gasteiger partial charge in [-0.1, -0.05) is 19.9 Å². The number of ether oxygens (including phenoxy) is 2. The molecule has 0 amide bonds. The van der Waals surface area contributed by atoms with Crippen molar-refractivity contribution in [1.29, 1.82) is 0 Å². The molecule has 88 valence electrons. The molecule has 0 fully saturated rings. The second-order valence-corrected chi connectivity index (χ2v) is 4.98. The van der Waals surface area contributed by atoms with E-state index in [1.807, 2.05) is 32.0 Å². The van der Waals surface area contributed by atoms with Crippen LogP contribution in [0.15, 0.2) is 18.2 Å². The van der Waals surface area contributed by atoms with E-state index in [0.717, 1.165) is 17.9 Å². The minimum Gasteiger partial charge on any atom is -0.486 e. The molecule has 3 heteroatoms. The summed E-state index contributed by atoms with van der Waals surface area (Å²) in [6, 6.07) is 5.98. The van der Waals surface area contributed by atoms with E-state index in [1.165, 1.54) is 5.56 Å². The van der Waals surface area contributed by atoms with Gasteiger partial charge in [0.25, 0.3) is 0 Å². The predicted octanol–water partition coefficient (Wildman–Crippen LogP) is 2.02. The molecular weight excluding hydrogens is 204 g/mol. The lowest BCUT2D eigenvalue weighted by Crippen LogP contribution is -2.20. The highest BCUT2D eigenvalue weighted by Gasteiger charge is 2.19. The molecule has 0 saturated carbocycles. The van der Waals surface area contributed by atoms with Gasteiger partial charge in [0.05, 0.1) is 0 Å². The van der Waals surface area contributed by atoms with Gasteiger partial charge in [-0.05, 0) is 29.5 Å². The smallest absolute Gasteiger partial charge is 0.161 e. The number of aliphatic hydroxyl groups is 1. The van der Waals surface area contributed by atoms with Crippen molar-refractivity contribution in [2.24, 2.45) is 5.41 Å². The molecule has 0 saturated heterocycles. The highest BCUT2D eigenvalue weighted by atomic mass is 16.6. The Kier molecular flexibility index (Phi) is 3.06. The van der Waals surface area contributed by atoms with Crippen LogP contribution in [0.1, 0.15) is 19.4 Å². The van der Waals surface area contributed by atoms with Crippen molar-refractivity contribution in [2.75, 3.05) is 19.8 Å². The molecule has 0 atom stereocenters. The van der Waals surface area contributed by atoms with E-state index in [4.69, 9.17) is 9.47 Å². The fourth-order valence-corrected chi connectivity index (χ4v) is 1.81. The maximum Gasteiger partial charge on any atom is 0.161 e. The van der Waals surface area contributed by atoms with Gasteiger partial charge in [-0.2, -0.15) is 0 Å². The summed E-state index contributed by atoms with van der Waals surface area (Å²) in [7, 11) is 0. The third-order valence-electron chi connectivity index (χ3n) is 2.72. The Morgan fingerprint density at radius 2 is 1.88 bits per heavy atom. The lowest BCUT2D eigenvalue weighted by molar-refractivity contribution is 0.158. The van der Waals surface area contributed by atoms with Crippen LogP contribution in [0.5, 0.6) is 11.5 Å². The summed E-state index contributed by atoms with van der Waals surface area (Å²) >= 11 is 0. The Morgan fingerprint density at radius 3 is 2.56 bits per heavy atom. The normalized spacial score (nSPS) is 14.9. The van der Waals surface area contributed by atoms with Gasteiger partial charge in [0.2, 0.25) is 0 Å². The molecule has 3 nitrogen and oxygen atoms in total.